The predicted molar refractivity (Wildman–Crippen MR) is 448 cm³/mol. The van der Waals surface area contributed by atoms with Crippen LogP contribution >= 0.6 is 0 Å². The molecular formula is C98H102N4O8. The first-order chi connectivity index (χ1) is 53.9. The Kier molecular flexibility index (Phi) is 21.5. The molecule has 0 unspecified atom stereocenters. The van der Waals surface area contributed by atoms with Crippen molar-refractivity contribution in [1.29, 1.82) is 0 Å². The second-order valence-corrected chi connectivity index (χ2v) is 32.2. The number of nitrogens with zero attached hydrogens (tertiary/aromatic N) is 4. The second kappa shape index (κ2) is 32.0. The lowest BCUT2D eigenvalue weighted by Crippen LogP contribution is -2.47. The summed E-state index contributed by atoms with van der Waals surface area (Å²) in [7, 11) is 0. The molecule has 0 fully saturated rings. The molecule has 0 aliphatic carbocycles. The highest BCUT2D eigenvalue weighted by molar-refractivity contribution is 6.46. The highest BCUT2D eigenvalue weighted by Crippen LogP contribution is 2.50. The van der Waals surface area contributed by atoms with Gasteiger partial charge < -0.3 is 0 Å². The van der Waals surface area contributed by atoms with Crippen LogP contribution in [0, 0.1) is 0 Å². The van der Waals surface area contributed by atoms with Gasteiger partial charge in [-0.3, -0.25) is 48.2 Å². The Hall–Kier alpha value is -10.2. The standard InChI is InChI=1S/C98H102N4O8/c1-5-9-13-17-21-25-29-33-63(34-30-26-22-18-14-10-6-2)99-91(103)75-53-45-67-71-49-57-79-89-80(58-50-72(85(71)89)68-46-54-76(92(99)104)87(75)83(67)68)96(108)101(95(79)107)65-41-37-61(38-42-65)62-39-43-66(44-40-62)102-97(109)81-59-51-73-69-47-55-77-88-78(56-48-70(84(69)88)74-52-60-82(98(102)110)90(81)86(73)74)94(106)100(93(77)105)64(35-31-27-23-19-15-11-7-3)36-32-28-24-20-16-12-8-4/h37-60,63-64H,5-36H2,1-4H3. The van der Waals surface area contributed by atoms with Gasteiger partial charge in [-0.2, -0.15) is 0 Å². The molecule has 12 aromatic carbocycles. The van der Waals surface area contributed by atoms with Crippen molar-refractivity contribution in [2.75, 3.05) is 9.80 Å². The Morgan fingerprint density at radius 1 is 0.200 bits per heavy atom. The molecule has 0 atom stereocenters. The third-order valence-electron chi connectivity index (χ3n) is 25.2. The zero-order valence-corrected chi connectivity index (χ0v) is 64.7. The van der Waals surface area contributed by atoms with Crippen LogP contribution in [0.15, 0.2) is 146 Å². The Labute approximate surface area is 645 Å². The molecule has 110 heavy (non-hydrogen) atoms. The fourth-order valence-corrected chi connectivity index (χ4v) is 19.5. The van der Waals surface area contributed by atoms with Crippen molar-refractivity contribution in [2.24, 2.45) is 0 Å². The van der Waals surface area contributed by atoms with Gasteiger partial charge in [0.2, 0.25) is 0 Å². The highest BCUT2D eigenvalue weighted by Gasteiger charge is 2.43. The highest BCUT2D eigenvalue weighted by atomic mass is 16.2. The average Bonchev–Trinajstić information content (AvgIpc) is 0.693. The largest absolute Gasteiger partial charge is 0.271 e. The maximum absolute atomic E-state index is 15.0. The van der Waals surface area contributed by atoms with E-state index in [1.807, 2.05) is 97.1 Å². The zero-order chi connectivity index (χ0) is 75.8. The lowest BCUT2D eigenvalue weighted by atomic mass is 9.82. The number of anilines is 2. The van der Waals surface area contributed by atoms with E-state index in [0.717, 1.165) is 153 Å². The number of rotatable bonds is 37. The SMILES string of the molecule is CCCCCCCCCC(CCCCCCCCC)N1C(=O)c2ccc3c4ccc5c6c(ccc(c7ccc(c2c37)C1=O)c64)C(=O)N(c1ccc(-c2ccc(N3C(=O)c4ccc6c7ccc8c9c(ccc(c%10ccc(c4c6%10)C3=O)c97)C(=O)N(C(CCCCCCCCC)CCCCCCCCC)C8=O)cc2)cc1)C5=O. The molecule has 0 N–H and O–H groups in total. The molecule has 4 aliphatic heterocycles. The molecule has 0 saturated heterocycles. The molecule has 0 radical (unpaired) electrons. The van der Waals surface area contributed by atoms with Crippen molar-refractivity contribution < 1.29 is 38.4 Å². The van der Waals surface area contributed by atoms with Crippen molar-refractivity contribution in [3.05, 3.63) is 190 Å². The van der Waals surface area contributed by atoms with E-state index in [4.69, 9.17) is 0 Å². The molecule has 0 aromatic heterocycles. The smallest absolute Gasteiger partial charge is 0.265 e. The lowest BCUT2D eigenvalue weighted by Gasteiger charge is -2.35. The van der Waals surface area contributed by atoms with Gasteiger partial charge in [0.15, 0.2) is 0 Å². The van der Waals surface area contributed by atoms with Crippen molar-refractivity contribution in [3.8, 4) is 11.1 Å². The number of fused-ring (bicyclic) bond motifs is 4. The van der Waals surface area contributed by atoms with Crippen LogP contribution in [0.4, 0.5) is 11.4 Å². The minimum Gasteiger partial charge on any atom is -0.271 e. The number of carbonyl (C=O) groups excluding carboxylic acids is 8. The van der Waals surface area contributed by atoms with Crippen molar-refractivity contribution >= 4 is 145 Å². The van der Waals surface area contributed by atoms with Crippen LogP contribution in [0.5, 0.6) is 0 Å². The normalized spacial score (nSPS) is 14.5. The average molecular weight is 1460 g/mol. The van der Waals surface area contributed by atoms with Crippen molar-refractivity contribution in [3.63, 3.8) is 0 Å². The Balaban J connectivity index is 0.630. The predicted octanol–water partition coefficient (Wildman–Crippen LogP) is 25.5. The lowest BCUT2D eigenvalue weighted by molar-refractivity contribution is 0.0501. The van der Waals surface area contributed by atoms with Gasteiger partial charge in [-0.25, -0.2) is 9.80 Å². The van der Waals surface area contributed by atoms with E-state index in [-0.39, 0.29) is 35.7 Å². The van der Waals surface area contributed by atoms with E-state index in [9.17, 15) is 38.4 Å². The van der Waals surface area contributed by atoms with E-state index in [0.29, 0.717) is 77.4 Å². The molecule has 12 nitrogen and oxygen atoms in total. The topological polar surface area (TPSA) is 150 Å². The molecular weight excluding hydrogens is 1360 g/mol. The van der Waals surface area contributed by atoms with Gasteiger partial charge in [-0.05, 0) is 174 Å². The minimum absolute atomic E-state index is 0.178. The molecule has 4 aliphatic rings. The first-order valence-electron chi connectivity index (χ1n) is 42.0. The molecule has 0 bridgehead atoms. The van der Waals surface area contributed by atoms with Crippen LogP contribution in [-0.4, -0.2) is 69.1 Å². The van der Waals surface area contributed by atoms with Gasteiger partial charge in [0.25, 0.3) is 47.3 Å². The first kappa shape index (κ1) is 73.9. The summed E-state index contributed by atoms with van der Waals surface area (Å²) < 4.78 is 0. The van der Waals surface area contributed by atoms with Crippen LogP contribution in [0.3, 0.4) is 0 Å². The molecule has 562 valence electrons. The fraction of sp³-hybridized carbons (Fsp3) is 0.388. The summed E-state index contributed by atoms with van der Waals surface area (Å²) in [5.41, 5.74) is 6.10. The number of unbranched alkanes of at least 4 members (excludes halogenated alkanes) is 24. The molecule has 16 rings (SSSR count). The fourth-order valence-electron chi connectivity index (χ4n) is 19.5. The molecule has 0 saturated carbocycles. The van der Waals surface area contributed by atoms with Gasteiger partial charge in [0, 0.05) is 78.1 Å². The van der Waals surface area contributed by atoms with E-state index >= 15 is 0 Å². The van der Waals surface area contributed by atoms with E-state index in [1.54, 1.807) is 58.3 Å². The van der Waals surface area contributed by atoms with Crippen LogP contribution in [0.2, 0.25) is 0 Å². The summed E-state index contributed by atoms with van der Waals surface area (Å²) in [6.45, 7) is 8.94. The summed E-state index contributed by atoms with van der Waals surface area (Å²) in [5.74, 6) is -2.71. The van der Waals surface area contributed by atoms with E-state index in [2.05, 4.69) is 27.7 Å². The maximum atomic E-state index is 15.0. The van der Waals surface area contributed by atoms with Crippen LogP contribution < -0.4 is 9.80 Å². The summed E-state index contributed by atoms with van der Waals surface area (Å²) in [4.78, 5) is 125. The third kappa shape index (κ3) is 13.0. The van der Waals surface area contributed by atoms with Gasteiger partial charge in [0.1, 0.15) is 0 Å². The van der Waals surface area contributed by atoms with Gasteiger partial charge >= 0.3 is 0 Å². The quantitative estimate of drug-likeness (QED) is 0.0162. The van der Waals surface area contributed by atoms with Crippen molar-refractivity contribution in [1.82, 2.24) is 9.80 Å². The van der Waals surface area contributed by atoms with Crippen LogP contribution in [0.1, 0.15) is 316 Å². The molecule has 4 heterocycles. The number of benzene rings is 12. The number of hydrogen-bond acceptors (Lipinski definition) is 8. The van der Waals surface area contributed by atoms with Crippen LogP contribution in [0.25, 0.3) is 97.3 Å². The molecule has 12 heteroatoms. The maximum Gasteiger partial charge on any atom is 0.265 e. The zero-order valence-electron chi connectivity index (χ0n) is 64.7. The van der Waals surface area contributed by atoms with Gasteiger partial charge in [-0.1, -0.05) is 280 Å². The Bertz CT molecular complexity index is 4990. The number of imide groups is 4. The summed E-state index contributed by atoms with van der Waals surface area (Å²) in [5, 5.41) is 12.5. The third-order valence-corrected chi connectivity index (χ3v) is 25.2. The Morgan fingerprint density at radius 3 is 0.582 bits per heavy atom. The summed E-state index contributed by atoms with van der Waals surface area (Å²) >= 11 is 0. The molecule has 12 aromatic rings. The molecule has 8 amide bonds. The van der Waals surface area contributed by atoms with E-state index < -0.39 is 23.6 Å². The second-order valence-electron chi connectivity index (χ2n) is 32.2. The minimum atomic E-state index is -0.450. The monoisotopic (exact) mass is 1460 g/mol. The van der Waals surface area contributed by atoms with Gasteiger partial charge in [0.05, 0.1) is 11.4 Å². The first-order valence-corrected chi connectivity index (χ1v) is 42.0. The van der Waals surface area contributed by atoms with E-state index in [1.165, 1.54) is 138 Å². The number of hydrogen-bond donors (Lipinski definition) is 0. The summed E-state index contributed by atoms with van der Waals surface area (Å²) in [6.07, 6.45) is 35.8. The van der Waals surface area contributed by atoms with Crippen molar-refractivity contribution in [2.45, 2.75) is 245 Å². The Morgan fingerprint density at radius 2 is 0.382 bits per heavy atom. The summed E-state index contributed by atoms with van der Waals surface area (Å²) in [6, 6.07) is 44.6. The number of amides is 8. The van der Waals surface area contributed by atoms with Crippen LogP contribution in [-0.2, 0) is 0 Å². The number of carbonyl (C=O) groups is 8. The molecule has 0 spiro atoms. The van der Waals surface area contributed by atoms with Gasteiger partial charge in [-0.15, -0.1) is 0 Å².